The van der Waals surface area contributed by atoms with Gasteiger partial charge in [-0.1, -0.05) is 46.3 Å². The lowest BCUT2D eigenvalue weighted by atomic mass is 9.39. The van der Waals surface area contributed by atoms with E-state index >= 15 is 0 Å². The zero-order valence-electron chi connectivity index (χ0n) is 14.5. The van der Waals surface area contributed by atoms with Crippen LogP contribution in [0.15, 0.2) is 12.2 Å². The lowest BCUT2D eigenvalue weighted by Crippen LogP contribution is -2.58. The quantitative estimate of drug-likeness (QED) is 0.659. The van der Waals surface area contributed by atoms with Gasteiger partial charge in [0, 0.05) is 5.92 Å². The molecule has 3 aliphatic carbocycles. The fraction of sp³-hybridized carbons (Fsp3) is 0.900. The molecule has 0 aromatic heterocycles. The summed E-state index contributed by atoms with van der Waals surface area (Å²) in [5, 5.41) is 9.99. The molecule has 0 spiro atoms. The van der Waals surface area contributed by atoms with Gasteiger partial charge in [-0.25, -0.2) is 0 Å². The first-order chi connectivity index (χ1) is 9.75. The monoisotopic (exact) mass is 290 g/mol. The largest absolute Gasteiger partial charge is 0.396 e. The summed E-state index contributed by atoms with van der Waals surface area (Å²) in [7, 11) is 0. The van der Waals surface area contributed by atoms with E-state index in [9.17, 15) is 5.11 Å². The minimum absolute atomic E-state index is 0.281. The van der Waals surface area contributed by atoms with Crippen molar-refractivity contribution in [1.29, 1.82) is 0 Å². The molecule has 120 valence electrons. The lowest BCUT2D eigenvalue weighted by Gasteiger charge is -2.65. The van der Waals surface area contributed by atoms with Crippen molar-refractivity contribution in [3.63, 3.8) is 0 Å². The number of rotatable bonds is 1. The number of aliphatic hydroxyl groups excluding tert-OH is 1. The summed E-state index contributed by atoms with van der Waals surface area (Å²) in [4.78, 5) is 0. The summed E-state index contributed by atoms with van der Waals surface area (Å²) >= 11 is 0. The van der Waals surface area contributed by atoms with Gasteiger partial charge in [0.15, 0.2) is 0 Å². The van der Waals surface area contributed by atoms with Gasteiger partial charge in [0.05, 0.1) is 6.61 Å². The first-order valence-corrected chi connectivity index (χ1v) is 9.04. The summed E-state index contributed by atoms with van der Waals surface area (Å²) in [6, 6.07) is 0. The van der Waals surface area contributed by atoms with Crippen LogP contribution >= 0.6 is 0 Å². The zero-order valence-corrected chi connectivity index (χ0v) is 14.5. The van der Waals surface area contributed by atoms with Crippen LogP contribution < -0.4 is 0 Å². The van der Waals surface area contributed by atoms with Gasteiger partial charge < -0.3 is 5.11 Å². The Labute approximate surface area is 131 Å². The van der Waals surface area contributed by atoms with Crippen LogP contribution in [0.2, 0.25) is 0 Å². The molecule has 0 radical (unpaired) electrons. The van der Waals surface area contributed by atoms with E-state index in [1.165, 1.54) is 44.1 Å². The Morgan fingerprint density at radius 3 is 2.38 bits per heavy atom. The zero-order chi connectivity index (χ0) is 15.5. The average Bonchev–Trinajstić information content (AvgIpc) is 2.36. The minimum Gasteiger partial charge on any atom is -0.396 e. The highest BCUT2D eigenvalue weighted by Crippen LogP contribution is 2.68. The Bertz CT molecular complexity index is 437. The van der Waals surface area contributed by atoms with Crippen molar-refractivity contribution in [2.75, 3.05) is 6.61 Å². The molecule has 3 fully saturated rings. The molecule has 21 heavy (non-hydrogen) atoms. The summed E-state index contributed by atoms with van der Waals surface area (Å²) in [5.41, 5.74) is 2.57. The predicted octanol–water partition coefficient (Wildman–Crippen LogP) is 5.19. The van der Waals surface area contributed by atoms with E-state index in [1.54, 1.807) is 0 Å². The van der Waals surface area contributed by atoms with Gasteiger partial charge in [-0.3, -0.25) is 0 Å². The second kappa shape index (κ2) is 4.85. The topological polar surface area (TPSA) is 20.2 Å². The van der Waals surface area contributed by atoms with Crippen LogP contribution in [0.3, 0.4) is 0 Å². The smallest absolute Gasteiger partial charge is 0.0501 e. The Hall–Kier alpha value is -0.300. The molecule has 3 saturated carbocycles. The number of aliphatic hydroxyl groups is 1. The normalized spacial score (nSPS) is 49.4. The third kappa shape index (κ3) is 2.06. The number of hydrogen-bond donors (Lipinski definition) is 1. The van der Waals surface area contributed by atoms with E-state index in [0.29, 0.717) is 23.4 Å². The third-order valence-corrected chi connectivity index (χ3v) is 8.07. The van der Waals surface area contributed by atoms with Gasteiger partial charge in [-0.05, 0) is 66.6 Å². The molecule has 0 heterocycles. The molecule has 1 heteroatoms. The first-order valence-electron chi connectivity index (χ1n) is 9.04. The molecular weight excluding hydrogens is 256 g/mol. The van der Waals surface area contributed by atoms with Gasteiger partial charge in [0.25, 0.3) is 0 Å². The molecule has 0 saturated heterocycles. The van der Waals surface area contributed by atoms with Crippen molar-refractivity contribution >= 4 is 0 Å². The lowest BCUT2D eigenvalue weighted by molar-refractivity contribution is -0.157. The van der Waals surface area contributed by atoms with Crippen molar-refractivity contribution in [2.45, 2.75) is 72.6 Å². The van der Waals surface area contributed by atoms with E-state index in [-0.39, 0.29) is 5.41 Å². The third-order valence-electron chi connectivity index (χ3n) is 8.07. The highest BCUT2D eigenvalue weighted by atomic mass is 16.3. The first kappa shape index (κ1) is 15.6. The van der Waals surface area contributed by atoms with Gasteiger partial charge in [-0.2, -0.15) is 0 Å². The summed E-state index contributed by atoms with van der Waals surface area (Å²) in [6.45, 7) is 14.7. The Morgan fingerprint density at radius 2 is 1.71 bits per heavy atom. The maximum atomic E-state index is 9.99. The molecule has 3 aliphatic rings. The molecule has 1 N–H and O–H groups in total. The maximum absolute atomic E-state index is 9.99. The molecule has 3 rings (SSSR count). The molecule has 0 aromatic rings. The van der Waals surface area contributed by atoms with Crippen molar-refractivity contribution < 1.29 is 5.11 Å². The second-order valence-electron chi connectivity index (χ2n) is 9.43. The molecule has 5 atom stereocenters. The second-order valence-corrected chi connectivity index (χ2v) is 9.43. The molecule has 0 aromatic carbocycles. The van der Waals surface area contributed by atoms with Crippen LogP contribution in [0.5, 0.6) is 0 Å². The average molecular weight is 290 g/mol. The van der Waals surface area contributed by atoms with Crippen LogP contribution in [-0.4, -0.2) is 11.7 Å². The maximum Gasteiger partial charge on any atom is 0.0501 e. The van der Waals surface area contributed by atoms with E-state index < -0.39 is 0 Å². The van der Waals surface area contributed by atoms with Crippen LogP contribution in [0.4, 0.5) is 0 Å². The molecular formula is C20H34O. The SMILES string of the molecule is C=C1CC[C@H]2[C@@](C)(CC[C@H]3C(C)(C)CCC[C@]23C)[C@@H]1CO. The molecule has 0 amide bonds. The van der Waals surface area contributed by atoms with Gasteiger partial charge in [0.2, 0.25) is 0 Å². The number of hydrogen-bond acceptors (Lipinski definition) is 1. The summed E-state index contributed by atoms with van der Waals surface area (Å²) in [6.07, 6.45) is 9.24. The van der Waals surface area contributed by atoms with E-state index in [4.69, 9.17) is 0 Å². The van der Waals surface area contributed by atoms with Crippen molar-refractivity contribution in [3.8, 4) is 0 Å². The highest BCUT2D eigenvalue weighted by molar-refractivity contribution is 5.18. The fourth-order valence-electron chi connectivity index (χ4n) is 7.07. The summed E-state index contributed by atoms with van der Waals surface area (Å²) in [5.74, 6) is 1.97. The Kier molecular flexibility index (Phi) is 3.60. The van der Waals surface area contributed by atoms with E-state index in [0.717, 1.165) is 18.3 Å². The standard InChI is InChI=1S/C20H34O/c1-14-7-8-17-19(4,15(14)13-21)12-9-16-18(2,3)10-6-11-20(16,17)5/h15-17,21H,1,6-13H2,2-5H3/t15-,16+,17+,19+,20+/m1/s1. The highest BCUT2D eigenvalue weighted by Gasteiger charge is 2.60. The predicted molar refractivity (Wildman–Crippen MR) is 89.0 cm³/mol. The molecule has 1 nitrogen and oxygen atoms in total. The Morgan fingerprint density at radius 1 is 1.00 bits per heavy atom. The van der Waals surface area contributed by atoms with Crippen molar-refractivity contribution in [3.05, 3.63) is 12.2 Å². The minimum atomic E-state index is 0.281. The summed E-state index contributed by atoms with van der Waals surface area (Å²) < 4.78 is 0. The van der Waals surface area contributed by atoms with Gasteiger partial charge in [0.1, 0.15) is 0 Å². The van der Waals surface area contributed by atoms with Gasteiger partial charge >= 0.3 is 0 Å². The van der Waals surface area contributed by atoms with Crippen LogP contribution in [0.1, 0.15) is 72.6 Å². The molecule has 0 unspecified atom stereocenters. The van der Waals surface area contributed by atoms with E-state index in [2.05, 4.69) is 34.3 Å². The fourth-order valence-corrected chi connectivity index (χ4v) is 7.07. The molecule has 0 aliphatic heterocycles. The van der Waals surface area contributed by atoms with E-state index in [1.807, 2.05) is 0 Å². The van der Waals surface area contributed by atoms with Crippen molar-refractivity contribution in [2.24, 2.45) is 34.0 Å². The Balaban J connectivity index is 2.00. The van der Waals surface area contributed by atoms with Crippen LogP contribution in [0, 0.1) is 34.0 Å². The number of fused-ring (bicyclic) bond motifs is 3. The van der Waals surface area contributed by atoms with Gasteiger partial charge in [-0.15, -0.1) is 0 Å². The molecule has 0 bridgehead atoms. The van der Waals surface area contributed by atoms with Crippen molar-refractivity contribution in [1.82, 2.24) is 0 Å². The van der Waals surface area contributed by atoms with Crippen LogP contribution in [-0.2, 0) is 0 Å². The van der Waals surface area contributed by atoms with Crippen LogP contribution in [0.25, 0.3) is 0 Å².